The van der Waals surface area contributed by atoms with Gasteiger partial charge >= 0.3 is 0 Å². The Balaban J connectivity index is 1.89. The molecule has 30 heavy (non-hydrogen) atoms. The Morgan fingerprint density at radius 3 is 2.53 bits per heavy atom. The van der Waals surface area contributed by atoms with Crippen LogP contribution in [0.5, 0.6) is 11.5 Å². The van der Waals surface area contributed by atoms with Gasteiger partial charge in [-0.2, -0.15) is 0 Å². The summed E-state index contributed by atoms with van der Waals surface area (Å²) >= 11 is 0. The van der Waals surface area contributed by atoms with E-state index < -0.39 is 0 Å². The predicted molar refractivity (Wildman–Crippen MR) is 113 cm³/mol. The van der Waals surface area contributed by atoms with Crippen molar-refractivity contribution < 1.29 is 24.4 Å². The molecule has 0 bridgehead atoms. The fraction of sp³-hybridized carbons (Fsp3) is 0.273. The van der Waals surface area contributed by atoms with Gasteiger partial charge in [0.15, 0.2) is 11.5 Å². The molecule has 1 aromatic heterocycles. The van der Waals surface area contributed by atoms with Gasteiger partial charge < -0.3 is 29.7 Å². The normalized spacial score (nSPS) is 10.6. The fourth-order valence-corrected chi connectivity index (χ4v) is 2.75. The molecule has 8 heteroatoms. The van der Waals surface area contributed by atoms with Crippen LogP contribution < -0.4 is 14.8 Å². The van der Waals surface area contributed by atoms with E-state index in [1.54, 1.807) is 12.1 Å². The van der Waals surface area contributed by atoms with E-state index in [1.807, 2.05) is 24.3 Å². The number of rotatable bonds is 11. The number of fused-ring (bicyclic) bond motifs is 1. The first kappa shape index (κ1) is 21.3. The van der Waals surface area contributed by atoms with Crippen LogP contribution in [-0.4, -0.2) is 59.8 Å². The Hall–Kier alpha value is -3.38. The second-order valence-electron chi connectivity index (χ2n) is 6.15. The zero-order valence-corrected chi connectivity index (χ0v) is 16.4. The maximum absolute atomic E-state index is 9.14. The SMILES string of the molecule is C#Cc1cccc(Nc2ncnc3cc(OCCOCCO)c(OCCO)cc23)c1. The van der Waals surface area contributed by atoms with Crippen LogP contribution in [0.3, 0.4) is 0 Å². The Morgan fingerprint density at radius 2 is 1.73 bits per heavy atom. The van der Waals surface area contributed by atoms with Gasteiger partial charge in [0.05, 0.1) is 31.9 Å². The van der Waals surface area contributed by atoms with Gasteiger partial charge in [-0.05, 0) is 24.3 Å². The Kier molecular flexibility index (Phi) is 7.80. The first-order valence-electron chi connectivity index (χ1n) is 9.42. The van der Waals surface area contributed by atoms with E-state index in [9.17, 15) is 0 Å². The lowest BCUT2D eigenvalue weighted by Gasteiger charge is -2.15. The molecular formula is C22H23N3O5. The number of aliphatic hydroxyl groups is 2. The highest BCUT2D eigenvalue weighted by molar-refractivity contribution is 5.93. The van der Waals surface area contributed by atoms with E-state index in [1.165, 1.54) is 6.33 Å². The van der Waals surface area contributed by atoms with Crippen LogP contribution in [0.25, 0.3) is 10.9 Å². The van der Waals surface area contributed by atoms with Gasteiger partial charge in [-0.25, -0.2) is 9.97 Å². The summed E-state index contributed by atoms with van der Waals surface area (Å²) in [5, 5.41) is 21.9. The van der Waals surface area contributed by atoms with Crippen LogP contribution in [0, 0.1) is 12.3 Å². The molecule has 0 amide bonds. The second kappa shape index (κ2) is 11.0. The molecule has 0 fully saturated rings. The van der Waals surface area contributed by atoms with Crippen molar-refractivity contribution in [2.75, 3.05) is 45.0 Å². The number of nitrogens with one attached hydrogen (secondary N) is 1. The molecule has 0 aliphatic rings. The predicted octanol–water partition coefficient (Wildman–Crippen LogP) is 2.11. The van der Waals surface area contributed by atoms with Gasteiger partial charge in [-0.15, -0.1) is 6.42 Å². The van der Waals surface area contributed by atoms with E-state index in [2.05, 4.69) is 21.2 Å². The highest BCUT2D eigenvalue weighted by Crippen LogP contribution is 2.35. The fourth-order valence-electron chi connectivity index (χ4n) is 2.75. The van der Waals surface area contributed by atoms with Crippen molar-refractivity contribution >= 4 is 22.4 Å². The maximum Gasteiger partial charge on any atom is 0.163 e. The van der Waals surface area contributed by atoms with Crippen LogP contribution in [0.15, 0.2) is 42.7 Å². The van der Waals surface area contributed by atoms with Gasteiger partial charge in [-0.1, -0.05) is 12.0 Å². The average Bonchev–Trinajstić information content (AvgIpc) is 2.78. The minimum absolute atomic E-state index is 0.0439. The molecule has 3 N–H and O–H groups in total. The lowest BCUT2D eigenvalue weighted by Crippen LogP contribution is -2.10. The first-order valence-corrected chi connectivity index (χ1v) is 9.42. The van der Waals surface area contributed by atoms with E-state index in [4.69, 9.17) is 30.8 Å². The largest absolute Gasteiger partial charge is 0.487 e. The third-order valence-electron chi connectivity index (χ3n) is 4.06. The molecule has 3 rings (SSSR count). The summed E-state index contributed by atoms with van der Waals surface area (Å²) in [7, 11) is 0. The number of aliphatic hydroxyl groups excluding tert-OH is 2. The molecule has 3 aromatic rings. The van der Waals surface area contributed by atoms with Crippen molar-refractivity contribution in [3.63, 3.8) is 0 Å². The minimum Gasteiger partial charge on any atom is -0.487 e. The van der Waals surface area contributed by atoms with E-state index in [-0.39, 0.29) is 33.0 Å². The van der Waals surface area contributed by atoms with Crippen molar-refractivity contribution in [1.82, 2.24) is 9.97 Å². The number of aromatic nitrogens is 2. The Labute approximate surface area is 174 Å². The summed E-state index contributed by atoms with van der Waals surface area (Å²) in [4.78, 5) is 8.67. The van der Waals surface area contributed by atoms with Crippen LogP contribution in [-0.2, 0) is 4.74 Å². The summed E-state index contributed by atoms with van der Waals surface area (Å²) in [6.07, 6.45) is 6.93. The molecule has 0 radical (unpaired) electrons. The molecule has 0 aliphatic carbocycles. The maximum atomic E-state index is 9.14. The van der Waals surface area contributed by atoms with Gasteiger partial charge in [0.1, 0.15) is 25.4 Å². The lowest BCUT2D eigenvalue weighted by molar-refractivity contribution is 0.0695. The third kappa shape index (κ3) is 5.58. The van der Waals surface area contributed by atoms with Crippen molar-refractivity contribution in [3.05, 3.63) is 48.3 Å². The zero-order valence-electron chi connectivity index (χ0n) is 16.4. The van der Waals surface area contributed by atoms with Gasteiger partial charge in [0.2, 0.25) is 0 Å². The highest BCUT2D eigenvalue weighted by Gasteiger charge is 2.13. The van der Waals surface area contributed by atoms with Crippen molar-refractivity contribution in [2.45, 2.75) is 0 Å². The number of terminal acetylenes is 1. The summed E-state index contributed by atoms with van der Waals surface area (Å²) in [6.45, 7) is 0.780. The van der Waals surface area contributed by atoms with Crippen LogP contribution >= 0.6 is 0 Å². The molecule has 0 spiro atoms. The number of ether oxygens (including phenoxy) is 3. The summed E-state index contributed by atoms with van der Waals surface area (Å²) < 4.78 is 16.6. The number of benzene rings is 2. The number of hydrogen-bond acceptors (Lipinski definition) is 8. The second-order valence-corrected chi connectivity index (χ2v) is 6.15. The number of anilines is 2. The lowest BCUT2D eigenvalue weighted by atomic mass is 10.2. The van der Waals surface area contributed by atoms with Crippen molar-refractivity contribution in [2.24, 2.45) is 0 Å². The van der Waals surface area contributed by atoms with Crippen LogP contribution in [0.2, 0.25) is 0 Å². The monoisotopic (exact) mass is 409 g/mol. The minimum atomic E-state index is -0.133. The van der Waals surface area contributed by atoms with Gasteiger partial charge in [0.25, 0.3) is 0 Å². The molecule has 156 valence electrons. The van der Waals surface area contributed by atoms with Crippen molar-refractivity contribution in [3.8, 4) is 23.8 Å². The molecule has 8 nitrogen and oxygen atoms in total. The quantitative estimate of drug-likeness (QED) is 0.327. The average molecular weight is 409 g/mol. The molecule has 1 heterocycles. The van der Waals surface area contributed by atoms with E-state index in [0.717, 1.165) is 16.6 Å². The van der Waals surface area contributed by atoms with E-state index >= 15 is 0 Å². The van der Waals surface area contributed by atoms with Crippen molar-refractivity contribution in [1.29, 1.82) is 0 Å². The highest BCUT2D eigenvalue weighted by atomic mass is 16.5. The summed E-state index contributed by atoms with van der Waals surface area (Å²) in [5.74, 6) is 4.12. The number of nitrogens with zero attached hydrogens (tertiary/aromatic N) is 2. The van der Waals surface area contributed by atoms with Gasteiger partial charge in [-0.3, -0.25) is 0 Å². The van der Waals surface area contributed by atoms with Crippen LogP contribution in [0.4, 0.5) is 11.5 Å². The molecule has 0 saturated heterocycles. The molecule has 0 unspecified atom stereocenters. The third-order valence-corrected chi connectivity index (χ3v) is 4.06. The Morgan fingerprint density at radius 1 is 0.933 bits per heavy atom. The molecular weight excluding hydrogens is 386 g/mol. The smallest absolute Gasteiger partial charge is 0.163 e. The Bertz CT molecular complexity index is 1020. The molecule has 0 atom stereocenters. The van der Waals surface area contributed by atoms with E-state index in [0.29, 0.717) is 29.4 Å². The summed E-state index contributed by atoms with van der Waals surface area (Å²) in [6, 6.07) is 11.0. The topological polar surface area (TPSA) is 106 Å². The molecule has 0 aliphatic heterocycles. The van der Waals surface area contributed by atoms with Crippen LogP contribution in [0.1, 0.15) is 5.56 Å². The molecule has 2 aromatic carbocycles. The van der Waals surface area contributed by atoms with Gasteiger partial charge in [0, 0.05) is 22.7 Å². The standard InChI is InChI=1S/C22H23N3O5/c1-2-16-4-3-5-17(12-16)25-22-18-13-20(29-9-7-27)21(14-19(18)23-15-24-22)30-11-10-28-8-6-26/h1,3-5,12-15,26-27H,6-11H2,(H,23,24,25). The summed E-state index contributed by atoms with van der Waals surface area (Å²) in [5.41, 5.74) is 2.21. The first-order chi connectivity index (χ1) is 14.7. The number of hydrogen-bond donors (Lipinski definition) is 3. The zero-order chi connectivity index (χ0) is 21.2. The molecule has 0 saturated carbocycles.